The number of aromatic nitrogens is 4. The van der Waals surface area contributed by atoms with Crippen LogP contribution in [0.15, 0.2) is 65.3 Å². The van der Waals surface area contributed by atoms with Gasteiger partial charge in [0, 0.05) is 17.3 Å². The van der Waals surface area contributed by atoms with Crippen LogP contribution in [0.3, 0.4) is 0 Å². The lowest BCUT2D eigenvalue weighted by molar-refractivity contribution is -0.113. The predicted molar refractivity (Wildman–Crippen MR) is 127 cm³/mol. The maximum Gasteiger partial charge on any atom is 0.255 e. The van der Waals surface area contributed by atoms with E-state index in [2.05, 4.69) is 25.8 Å². The second kappa shape index (κ2) is 10.9. The molecule has 0 saturated heterocycles. The van der Waals surface area contributed by atoms with Crippen LogP contribution in [0.1, 0.15) is 16.2 Å². The van der Waals surface area contributed by atoms with Crippen LogP contribution in [-0.2, 0) is 11.3 Å². The summed E-state index contributed by atoms with van der Waals surface area (Å²) >= 11 is 2.48. The van der Waals surface area contributed by atoms with E-state index in [1.54, 1.807) is 52.5 Å². The van der Waals surface area contributed by atoms with Gasteiger partial charge in [-0.25, -0.2) is 9.37 Å². The van der Waals surface area contributed by atoms with E-state index >= 15 is 0 Å². The monoisotopic (exact) mass is 498 g/mol. The number of hydrogen-bond donors (Lipinski definition) is 2. The first-order valence-corrected chi connectivity index (χ1v) is 11.9. The van der Waals surface area contributed by atoms with Crippen molar-refractivity contribution in [3.05, 3.63) is 77.3 Å². The van der Waals surface area contributed by atoms with Crippen LogP contribution in [0.4, 0.5) is 9.52 Å². The number of nitrogens with zero attached hydrogens (tertiary/aromatic N) is 4. The largest absolute Gasteiger partial charge is 0.496 e. The number of carbonyl (C=O) groups excluding carboxylic acids is 2. The number of hydrogen-bond acceptors (Lipinski definition) is 8. The van der Waals surface area contributed by atoms with E-state index < -0.39 is 0 Å². The molecule has 12 heteroatoms. The molecule has 2 aromatic carbocycles. The van der Waals surface area contributed by atoms with Gasteiger partial charge >= 0.3 is 0 Å². The van der Waals surface area contributed by atoms with Crippen LogP contribution in [0, 0.1) is 5.82 Å². The molecule has 0 atom stereocenters. The number of benzene rings is 2. The lowest BCUT2D eigenvalue weighted by Gasteiger charge is -2.12. The van der Waals surface area contributed by atoms with Crippen molar-refractivity contribution in [2.24, 2.45) is 0 Å². The van der Waals surface area contributed by atoms with Crippen molar-refractivity contribution in [1.82, 2.24) is 25.1 Å². The number of amides is 2. The van der Waals surface area contributed by atoms with Gasteiger partial charge in [0.05, 0.1) is 25.0 Å². The smallest absolute Gasteiger partial charge is 0.255 e. The molecule has 2 heterocycles. The zero-order valence-corrected chi connectivity index (χ0v) is 19.5. The molecule has 4 aromatic rings. The Morgan fingerprint density at radius 3 is 2.68 bits per heavy atom. The Balaban J connectivity index is 1.52. The van der Waals surface area contributed by atoms with Crippen LogP contribution < -0.4 is 15.4 Å². The van der Waals surface area contributed by atoms with Crippen LogP contribution >= 0.6 is 23.1 Å². The Morgan fingerprint density at radius 2 is 1.94 bits per heavy atom. The van der Waals surface area contributed by atoms with Gasteiger partial charge < -0.3 is 15.4 Å². The number of ether oxygens (including phenoxy) is 1. The number of thiazole rings is 1. The fourth-order valence-electron chi connectivity index (χ4n) is 3.02. The van der Waals surface area contributed by atoms with Crippen molar-refractivity contribution in [2.75, 3.05) is 18.2 Å². The number of methoxy groups -OCH3 is 1. The van der Waals surface area contributed by atoms with Gasteiger partial charge in [-0.05, 0) is 36.4 Å². The molecule has 2 N–H and O–H groups in total. The summed E-state index contributed by atoms with van der Waals surface area (Å²) in [4.78, 5) is 29.0. The molecule has 0 aliphatic rings. The fraction of sp³-hybridized carbons (Fsp3) is 0.136. The highest BCUT2D eigenvalue weighted by Crippen LogP contribution is 2.23. The molecule has 0 spiro atoms. The van der Waals surface area contributed by atoms with E-state index in [1.165, 1.54) is 30.6 Å². The lowest BCUT2D eigenvalue weighted by Crippen LogP contribution is -2.25. The zero-order valence-electron chi connectivity index (χ0n) is 17.9. The van der Waals surface area contributed by atoms with Gasteiger partial charge in [-0.1, -0.05) is 23.9 Å². The number of rotatable bonds is 9. The summed E-state index contributed by atoms with van der Waals surface area (Å²) in [5.41, 5.74) is 0.974. The topological polar surface area (TPSA) is 111 Å². The van der Waals surface area contributed by atoms with Gasteiger partial charge in [0.1, 0.15) is 11.6 Å². The molecular formula is C22H19FN6O3S2. The number of nitrogens with one attached hydrogen (secondary N) is 2. The van der Waals surface area contributed by atoms with Gasteiger partial charge in [-0.3, -0.25) is 14.2 Å². The molecule has 4 rings (SSSR count). The van der Waals surface area contributed by atoms with Crippen molar-refractivity contribution in [3.8, 4) is 11.4 Å². The Morgan fingerprint density at radius 1 is 1.15 bits per heavy atom. The summed E-state index contributed by atoms with van der Waals surface area (Å²) in [6.07, 6.45) is 1.60. The third-order valence-electron chi connectivity index (χ3n) is 4.55. The van der Waals surface area contributed by atoms with Gasteiger partial charge in [-0.2, -0.15) is 0 Å². The molecule has 174 valence electrons. The molecule has 2 aromatic heterocycles. The lowest BCUT2D eigenvalue weighted by atomic mass is 10.2. The molecule has 0 fully saturated rings. The molecule has 0 radical (unpaired) electrons. The number of thioether (sulfide) groups is 1. The minimum atomic E-state index is -0.389. The average molecular weight is 499 g/mol. The standard InChI is InChI=1S/C22H19FN6O3S2/c1-32-17-5-3-2-4-16(17)20(31)25-12-18-27-28-22(29(18)15-8-6-14(23)7-9-15)34-13-19(30)26-21-24-10-11-33-21/h2-11H,12-13H2,1H3,(H,25,31)(H,24,26,30). The summed E-state index contributed by atoms with van der Waals surface area (Å²) < 4.78 is 20.4. The number of para-hydroxylation sites is 1. The fourth-order valence-corrected chi connectivity index (χ4v) is 4.33. The van der Waals surface area contributed by atoms with E-state index in [0.29, 0.717) is 33.1 Å². The van der Waals surface area contributed by atoms with Crippen molar-refractivity contribution >= 4 is 40.0 Å². The Kier molecular flexibility index (Phi) is 7.50. The number of anilines is 1. The first-order valence-electron chi connectivity index (χ1n) is 9.98. The van der Waals surface area contributed by atoms with Gasteiger partial charge in [0.2, 0.25) is 5.91 Å². The van der Waals surface area contributed by atoms with E-state index in [-0.39, 0.29) is 29.9 Å². The van der Waals surface area contributed by atoms with E-state index in [0.717, 1.165) is 11.8 Å². The summed E-state index contributed by atoms with van der Waals surface area (Å²) in [6, 6.07) is 12.6. The maximum absolute atomic E-state index is 13.5. The summed E-state index contributed by atoms with van der Waals surface area (Å²) in [7, 11) is 1.49. The third-order valence-corrected chi connectivity index (χ3v) is 6.17. The summed E-state index contributed by atoms with van der Waals surface area (Å²) in [5.74, 6) is -0.0604. The highest BCUT2D eigenvalue weighted by Gasteiger charge is 2.18. The Bertz CT molecular complexity index is 1280. The second-order valence-corrected chi connectivity index (χ2v) is 8.60. The van der Waals surface area contributed by atoms with Gasteiger partial charge in [0.25, 0.3) is 5.91 Å². The number of carbonyl (C=O) groups is 2. The molecule has 0 unspecified atom stereocenters. The van der Waals surface area contributed by atoms with Crippen molar-refractivity contribution < 1.29 is 18.7 Å². The predicted octanol–water partition coefficient (Wildman–Crippen LogP) is 3.53. The Labute approximate surface area is 202 Å². The van der Waals surface area contributed by atoms with Crippen molar-refractivity contribution in [1.29, 1.82) is 0 Å². The molecule has 0 bridgehead atoms. The SMILES string of the molecule is COc1ccccc1C(=O)NCc1nnc(SCC(=O)Nc2nccs2)n1-c1ccc(F)cc1. The molecule has 9 nitrogen and oxygen atoms in total. The highest BCUT2D eigenvalue weighted by molar-refractivity contribution is 7.99. The first-order chi connectivity index (χ1) is 16.5. The van der Waals surface area contributed by atoms with Gasteiger partial charge in [0.15, 0.2) is 16.1 Å². The quantitative estimate of drug-likeness (QED) is 0.340. The highest BCUT2D eigenvalue weighted by atomic mass is 32.2. The molecular weight excluding hydrogens is 479 g/mol. The first kappa shape index (κ1) is 23.4. The average Bonchev–Trinajstić information content (AvgIpc) is 3.51. The van der Waals surface area contributed by atoms with E-state index in [4.69, 9.17) is 4.74 Å². The summed E-state index contributed by atoms with van der Waals surface area (Å²) in [6.45, 7) is 0.0487. The zero-order chi connectivity index (χ0) is 23.9. The van der Waals surface area contributed by atoms with Crippen molar-refractivity contribution in [2.45, 2.75) is 11.7 Å². The maximum atomic E-state index is 13.5. The molecule has 0 saturated carbocycles. The molecule has 34 heavy (non-hydrogen) atoms. The Hall–Kier alpha value is -3.77. The normalized spacial score (nSPS) is 10.6. The third kappa shape index (κ3) is 5.58. The van der Waals surface area contributed by atoms with Gasteiger partial charge in [-0.15, -0.1) is 21.5 Å². The molecule has 0 aliphatic heterocycles. The van der Waals surface area contributed by atoms with E-state index in [9.17, 15) is 14.0 Å². The molecule has 0 aliphatic carbocycles. The molecule has 2 amide bonds. The van der Waals surface area contributed by atoms with Crippen LogP contribution in [0.25, 0.3) is 5.69 Å². The van der Waals surface area contributed by atoms with Crippen LogP contribution in [0.2, 0.25) is 0 Å². The van der Waals surface area contributed by atoms with E-state index in [1.807, 2.05) is 0 Å². The number of halogens is 1. The minimum Gasteiger partial charge on any atom is -0.496 e. The van der Waals surface area contributed by atoms with Crippen LogP contribution in [-0.4, -0.2) is 44.4 Å². The summed E-state index contributed by atoms with van der Waals surface area (Å²) in [5, 5.41) is 16.6. The van der Waals surface area contributed by atoms with Crippen molar-refractivity contribution in [3.63, 3.8) is 0 Å². The second-order valence-electron chi connectivity index (χ2n) is 6.77. The van der Waals surface area contributed by atoms with Crippen LogP contribution in [0.5, 0.6) is 5.75 Å². The minimum absolute atomic E-state index is 0.0487.